The number of carbonyl (C=O) groups is 1. The van der Waals surface area contributed by atoms with E-state index in [2.05, 4.69) is 32.1 Å². The molecule has 0 bridgehead atoms. The molecule has 10 heteroatoms. The lowest BCUT2D eigenvalue weighted by atomic mass is 9.93. The smallest absolute Gasteiger partial charge is 0.326 e. The van der Waals surface area contributed by atoms with Crippen LogP contribution in [0.5, 0.6) is 0 Å². The van der Waals surface area contributed by atoms with Crippen LogP contribution >= 0.6 is 0 Å². The Labute approximate surface area is 215 Å². The molecular weight excluding hydrogens is 494 g/mol. The number of para-hydroxylation sites is 1. The highest BCUT2D eigenvalue weighted by Crippen LogP contribution is 2.32. The van der Waals surface area contributed by atoms with Gasteiger partial charge in [-0.2, -0.15) is 0 Å². The fourth-order valence-corrected chi connectivity index (χ4v) is 4.10. The second kappa shape index (κ2) is 10.4. The number of H-pyrrole nitrogens is 2. The zero-order chi connectivity index (χ0) is 27.6. The Morgan fingerprint density at radius 3 is 2.45 bits per heavy atom. The van der Waals surface area contributed by atoms with Crippen molar-refractivity contribution < 1.29 is 18.7 Å². The number of aliphatic hydroxyl groups is 1. The molecule has 1 amide bonds. The predicted octanol–water partition coefficient (Wildman–Crippen LogP) is 3.10. The number of amides is 1. The Balaban J connectivity index is 1.98. The van der Waals surface area contributed by atoms with Crippen LogP contribution in [0.1, 0.15) is 43.8 Å². The number of halogens is 2. The first-order valence-electron chi connectivity index (χ1n) is 11.6. The maximum absolute atomic E-state index is 14.0. The zero-order valence-electron chi connectivity index (χ0n) is 20.8. The Hall–Kier alpha value is -4.62. The molecule has 2 aromatic heterocycles. The van der Waals surface area contributed by atoms with E-state index in [0.717, 1.165) is 18.2 Å². The van der Waals surface area contributed by atoms with Gasteiger partial charge in [0.1, 0.15) is 22.9 Å². The van der Waals surface area contributed by atoms with Crippen LogP contribution in [0, 0.1) is 23.5 Å². The number of pyridine rings is 1. The Morgan fingerprint density at radius 1 is 1.08 bits per heavy atom. The van der Waals surface area contributed by atoms with Crippen LogP contribution in [0.3, 0.4) is 0 Å². The summed E-state index contributed by atoms with van der Waals surface area (Å²) >= 11 is 0. The summed E-state index contributed by atoms with van der Waals surface area (Å²) in [5.41, 5.74) is -0.640. The minimum absolute atomic E-state index is 0.0293. The van der Waals surface area contributed by atoms with E-state index in [1.165, 1.54) is 20.8 Å². The van der Waals surface area contributed by atoms with Crippen molar-refractivity contribution in [1.29, 1.82) is 0 Å². The monoisotopic (exact) mass is 518 g/mol. The number of nitrogens with zero attached hydrogens (tertiary/aromatic N) is 1. The molecule has 2 heterocycles. The lowest BCUT2D eigenvalue weighted by molar-refractivity contribution is -0.119. The minimum atomic E-state index is -1.30. The number of hydrogen-bond acceptors (Lipinski definition) is 5. The van der Waals surface area contributed by atoms with Gasteiger partial charge in [-0.25, -0.2) is 18.6 Å². The standard InChI is InChI=1S/C28H24F2N4O4/c1-15(35)31-23(13-16-11-17(29)14-18(30)12-16)25-21(8-7-19(32-25)9-10-28(2,3)38)20-5-4-6-22-24(20)33-27(37)34-26(22)36/h4-8,11-12,14,23,38H,13H2,1-3H3,(H,31,35)(H2,33,34,36,37)/t23-/m0/s1. The van der Waals surface area contributed by atoms with Gasteiger partial charge in [-0.3, -0.25) is 14.6 Å². The number of fused-ring (bicyclic) bond motifs is 1. The molecule has 8 nitrogen and oxygen atoms in total. The Kier molecular flexibility index (Phi) is 7.23. The molecule has 0 saturated heterocycles. The summed E-state index contributed by atoms with van der Waals surface area (Å²) in [6.45, 7) is 4.32. The molecule has 1 atom stereocenters. The van der Waals surface area contributed by atoms with Crippen molar-refractivity contribution in [2.75, 3.05) is 0 Å². The Bertz CT molecular complexity index is 1710. The van der Waals surface area contributed by atoms with Gasteiger partial charge in [0.25, 0.3) is 5.56 Å². The highest BCUT2D eigenvalue weighted by Gasteiger charge is 2.23. The van der Waals surface area contributed by atoms with Gasteiger partial charge in [0.05, 0.1) is 22.6 Å². The van der Waals surface area contributed by atoms with Crippen molar-refractivity contribution in [3.05, 3.63) is 98.0 Å². The lowest BCUT2D eigenvalue weighted by Crippen LogP contribution is -2.29. The molecule has 0 spiro atoms. The molecule has 0 unspecified atom stereocenters. The molecule has 0 fully saturated rings. The molecule has 0 aliphatic carbocycles. The fraction of sp³-hybridized carbons (Fsp3) is 0.214. The third-order valence-electron chi connectivity index (χ3n) is 5.56. The molecule has 2 aromatic carbocycles. The van der Waals surface area contributed by atoms with Gasteiger partial charge in [-0.15, -0.1) is 0 Å². The molecular formula is C28H24F2N4O4. The van der Waals surface area contributed by atoms with E-state index in [4.69, 9.17) is 0 Å². The first kappa shape index (κ1) is 26.4. The van der Waals surface area contributed by atoms with Gasteiger partial charge in [0.2, 0.25) is 5.91 Å². The van der Waals surface area contributed by atoms with Gasteiger partial charge in [0.15, 0.2) is 0 Å². The molecule has 4 N–H and O–H groups in total. The van der Waals surface area contributed by atoms with Crippen LogP contribution in [0.4, 0.5) is 8.78 Å². The average molecular weight is 519 g/mol. The molecule has 0 saturated carbocycles. The van der Waals surface area contributed by atoms with Crippen LogP contribution in [0.25, 0.3) is 22.0 Å². The van der Waals surface area contributed by atoms with Gasteiger partial charge < -0.3 is 15.4 Å². The summed E-state index contributed by atoms with van der Waals surface area (Å²) in [6.07, 6.45) is -0.0293. The SMILES string of the molecule is CC(=O)N[C@@H](Cc1cc(F)cc(F)c1)c1nc(C#CC(C)(C)O)ccc1-c1cccc2c(=O)[nH]c(=O)[nH]c12. The number of aromatic amines is 2. The largest absolute Gasteiger partial charge is 0.378 e. The van der Waals surface area contributed by atoms with Crippen molar-refractivity contribution in [3.63, 3.8) is 0 Å². The van der Waals surface area contributed by atoms with E-state index < -0.39 is 40.4 Å². The first-order valence-corrected chi connectivity index (χ1v) is 11.6. The second-order valence-corrected chi connectivity index (χ2v) is 9.31. The highest BCUT2D eigenvalue weighted by atomic mass is 19.1. The highest BCUT2D eigenvalue weighted by molar-refractivity contribution is 5.93. The van der Waals surface area contributed by atoms with Gasteiger partial charge in [-0.1, -0.05) is 18.1 Å². The molecule has 0 radical (unpaired) electrons. The van der Waals surface area contributed by atoms with Crippen LogP contribution in [0.2, 0.25) is 0 Å². The summed E-state index contributed by atoms with van der Waals surface area (Å²) < 4.78 is 27.9. The number of benzene rings is 2. The number of aromatic nitrogens is 3. The summed E-state index contributed by atoms with van der Waals surface area (Å²) in [6, 6.07) is 10.3. The minimum Gasteiger partial charge on any atom is -0.378 e. The molecule has 38 heavy (non-hydrogen) atoms. The van der Waals surface area contributed by atoms with Crippen LogP contribution < -0.4 is 16.6 Å². The lowest BCUT2D eigenvalue weighted by Gasteiger charge is -2.22. The summed E-state index contributed by atoms with van der Waals surface area (Å²) in [5, 5.41) is 13.0. The molecule has 0 aliphatic rings. The maximum atomic E-state index is 14.0. The zero-order valence-corrected chi connectivity index (χ0v) is 20.8. The van der Waals surface area contributed by atoms with Crippen molar-refractivity contribution >= 4 is 16.8 Å². The molecule has 0 aliphatic heterocycles. The van der Waals surface area contributed by atoms with Crippen LogP contribution in [-0.4, -0.2) is 31.6 Å². The second-order valence-electron chi connectivity index (χ2n) is 9.31. The number of hydrogen-bond donors (Lipinski definition) is 4. The van der Waals surface area contributed by atoms with Crippen molar-refractivity contribution in [3.8, 4) is 23.0 Å². The summed E-state index contributed by atoms with van der Waals surface area (Å²) in [5.74, 6) is 3.50. The van der Waals surface area contributed by atoms with E-state index in [0.29, 0.717) is 11.1 Å². The number of rotatable bonds is 5. The summed E-state index contributed by atoms with van der Waals surface area (Å²) in [4.78, 5) is 46.2. The third kappa shape index (κ3) is 6.19. The van der Waals surface area contributed by atoms with E-state index in [9.17, 15) is 28.3 Å². The van der Waals surface area contributed by atoms with Gasteiger partial charge >= 0.3 is 5.69 Å². The molecule has 4 rings (SSSR count). The Morgan fingerprint density at radius 2 is 1.79 bits per heavy atom. The topological polar surface area (TPSA) is 128 Å². The quantitative estimate of drug-likeness (QED) is 0.302. The van der Waals surface area contributed by atoms with E-state index in [1.807, 2.05) is 0 Å². The van der Waals surface area contributed by atoms with Crippen molar-refractivity contribution in [1.82, 2.24) is 20.3 Å². The molecule has 194 valence electrons. The predicted molar refractivity (Wildman–Crippen MR) is 138 cm³/mol. The normalized spacial score (nSPS) is 12.1. The maximum Gasteiger partial charge on any atom is 0.326 e. The van der Waals surface area contributed by atoms with E-state index in [1.54, 1.807) is 30.3 Å². The number of carbonyl (C=O) groups excluding carboxylic acids is 1. The first-order chi connectivity index (χ1) is 17.9. The molecule has 4 aromatic rings. The average Bonchev–Trinajstić information content (AvgIpc) is 2.80. The van der Waals surface area contributed by atoms with Crippen LogP contribution in [-0.2, 0) is 11.2 Å². The van der Waals surface area contributed by atoms with Crippen molar-refractivity contribution in [2.24, 2.45) is 0 Å². The fourth-order valence-electron chi connectivity index (χ4n) is 4.10. The van der Waals surface area contributed by atoms with Crippen molar-refractivity contribution in [2.45, 2.75) is 38.8 Å². The van der Waals surface area contributed by atoms with Gasteiger partial charge in [0, 0.05) is 24.1 Å². The van der Waals surface area contributed by atoms with E-state index >= 15 is 0 Å². The van der Waals surface area contributed by atoms with Gasteiger partial charge in [-0.05, 0) is 62.1 Å². The number of nitrogens with one attached hydrogen (secondary N) is 3. The van der Waals surface area contributed by atoms with E-state index in [-0.39, 0.29) is 34.3 Å². The third-order valence-corrected chi connectivity index (χ3v) is 5.56. The van der Waals surface area contributed by atoms with Crippen LogP contribution in [0.15, 0.2) is 58.1 Å². The summed E-state index contributed by atoms with van der Waals surface area (Å²) in [7, 11) is 0.